The van der Waals surface area contributed by atoms with Gasteiger partial charge in [0.1, 0.15) is 11.7 Å². The summed E-state index contributed by atoms with van der Waals surface area (Å²) in [5.41, 5.74) is 0.973. The van der Waals surface area contributed by atoms with Crippen LogP contribution in [-0.4, -0.2) is 53.0 Å². The maximum atomic E-state index is 14.1. The van der Waals surface area contributed by atoms with Crippen molar-refractivity contribution in [3.8, 4) is 0 Å². The van der Waals surface area contributed by atoms with Gasteiger partial charge in [-0.25, -0.2) is 31.8 Å². The van der Waals surface area contributed by atoms with E-state index in [0.29, 0.717) is 5.01 Å². The summed E-state index contributed by atoms with van der Waals surface area (Å²) in [7, 11) is 2.41. The number of anilines is 2. The fourth-order valence-electron chi connectivity index (χ4n) is 3.05. The van der Waals surface area contributed by atoms with E-state index in [1.54, 1.807) is 0 Å². The van der Waals surface area contributed by atoms with Crippen molar-refractivity contribution in [3.63, 3.8) is 0 Å². The average molecular weight is 502 g/mol. The Balaban J connectivity index is 1.82. The van der Waals surface area contributed by atoms with E-state index in [4.69, 9.17) is 12.2 Å². The lowest BCUT2D eigenvalue weighted by atomic mass is 10.1. The number of hydrazine groups is 1. The van der Waals surface area contributed by atoms with Gasteiger partial charge in [-0.2, -0.15) is 0 Å². The Kier molecular flexibility index (Phi) is 7.00. The molecule has 0 radical (unpaired) electrons. The molecule has 1 unspecified atom stereocenters. The number of hydrogen-bond donors (Lipinski definition) is 2. The van der Waals surface area contributed by atoms with Gasteiger partial charge >= 0.3 is 5.97 Å². The molecule has 2 amide bonds. The van der Waals surface area contributed by atoms with Gasteiger partial charge in [0.15, 0.2) is 28.4 Å². The largest absolute Gasteiger partial charge is 0.465 e. The van der Waals surface area contributed by atoms with Crippen molar-refractivity contribution in [2.24, 2.45) is 0 Å². The molecule has 1 aliphatic heterocycles. The number of amides is 2. The van der Waals surface area contributed by atoms with Gasteiger partial charge in [-0.3, -0.25) is 19.9 Å². The van der Waals surface area contributed by atoms with E-state index in [0.717, 1.165) is 4.90 Å². The molecule has 180 valence electrons. The number of ether oxygens (including phenoxy) is 1. The van der Waals surface area contributed by atoms with Gasteiger partial charge in [-0.05, 0) is 36.5 Å². The Morgan fingerprint density at radius 1 is 1.00 bits per heavy atom. The summed E-state index contributed by atoms with van der Waals surface area (Å²) in [6.07, 6.45) is -0.607. The average Bonchev–Trinajstić information content (AvgIpc) is 3.02. The van der Waals surface area contributed by atoms with Gasteiger partial charge in [0.05, 0.1) is 19.1 Å². The maximum Gasteiger partial charge on any atom is 0.337 e. The number of benzene rings is 2. The second-order valence-corrected chi connectivity index (χ2v) is 7.31. The number of carbonyl (C=O) groups excluding carboxylic acids is 3. The monoisotopic (exact) mass is 502 g/mol. The van der Waals surface area contributed by atoms with Crippen molar-refractivity contribution in [2.45, 2.75) is 12.5 Å². The summed E-state index contributed by atoms with van der Waals surface area (Å²) in [6, 6.07) is 4.07. The number of thiocarbonyl (C=S) groups is 1. The van der Waals surface area contributed by atoms with Crippen LogP contribution in [0.25, 0.3) is 0 Å². The third-order valence-electron chi connectivity index (χ3n) is 4.83. The van der Waals surface area contributed by atoms with Crippen LogP contribution in [0.2, 0.25) is 0 Å². The first kappa shape index (κ1) is 24.8. The lowest BCUT2D eigenvalue weighted by Crippen LogP contribution is -2.42. The van der Waals surface area contributed by atoms with Gasteiger partial charge < -0.3 is 10.1 Å². The number of nitrogens with zero attached hydrogens (tertiary/aromatic N) is 2. The molecule has 1 saturated heterocycles. The second-order valence-electron chi connectivity index (χ2n) is 6.94. The van der Waals surface area contributed by atoms with Crippen molar-refractivity contribution < 1.29 is 41.1 Å². The molecule has 0 bridgehead atoms. The Morgan fingerprint density at radius 2 is 1.53 bits per heavy atom. The maximum absolute atomic E-state index is 14.1. The number of methoxy groups -OCH3 is 1. The Morgan fingerprint density at radius 3 is 2.06 bits per heavy atom. The first-order valence-corrected chi connectivity index (χ1v) is 9.75. The number of likely N-dealkylation sites (N-methyl/N-ethyl adjacent to an activating group) is 1. The number of rotatable bonds is 6. The van der Waals surface area contributed by atoms with E-state index in [1.165, 1.54) is 38.4 Å². The molecule has 8 nitrogen and oxygen atoms in total. The van der Waals surface area contributed by atoms with Crippen LogP contribution in [0.15, 0.2) is 24.3 Å². The zero-order valence-electron chi connectivity index (χ0n) is 17.4. The predicted molar refractivity (Wildman–Crippen MR) is 112 cm³/mol. The standard InChI is InChI=1S/C20H15F5N4O4S/c1-28-18(31)10(7-11(30)26-9-5-3-8(4-6-9)19(32)33-2)29(20(28)34)27-17-15(24)13(22)12(21)14(23)16(17)25/h3-6,10,27H,7H2,1-2H3,(H,26,30). The summed E-state index contributed by atoms with van der Waals surface area (Å²) in [6.45, 7) is 0. The van der Waals surface area contributed by atoms with Crippen LogP contribution in [0.1, 0.15) is 16.8 Å². The van der Waals surface area contributed by atoms with Crippen molar-refractivity contribution >= 4 is 46.5 Å². The Bertz CT molecular complexity index is 1170. The molecule has 1 fully saturated rings. The van der Waals surface area contributed by atoms with Crippen molar-refractivity contribution in [2.75, 3.05) is 24.9 Å². The molecule has 3 rings (SSSR count). The molecule has 1 aliphatic rings. The molecule has 1 heterocycles. The van der Waals surface area contributed by atoms with E-state index in [2.05, 4.69) is 10.1 Å². The van der Waals surface area contributed by atoms with Crippen LogP contribution in [0.5, 0.6) is 0 Å². The normalized spacial score (nSPS) is 15.6. The summed E-state index contributed by atoms with van der Waals surface area (Å²) in [4.78, 5) is 37.4. The highest BCUT2D eigenvalue weighted by atomic mass is 32.1. The highest BCUT2D eigenvalue weighted by molar-refractivity contribution is 7.80. The van der Waals surface area contributed by atoms with Gasteiger partial charge in [0.2, 0.25) is 11.7 Å². The van der Waals surface area contributed by atoms with Crippen LogP contribution < -0.4 is 10.7 Å². The van der Waals surface area contributed by atoms with E-state index in [1.807, 2.05) is 5.43 Å². The summed E-state index contributed by atoms with van der Waals surface area (Å²) in [5.74, 6) is -13.2. The molecule has 1 atom stereocenters. The fraction of sp³-hybridized carbons (Fsp3) is 0.200. The molecule has 2 aromatic carbocycles. The zero-order chi connectivity index (χ0) is 25.3. The predicted octanol–water partition coefficient (Wildman–Crippen LogP) is 2.95. The van der Waals surface area contributed by atoms with Crippen molar-refractivity contribution in [1.29, 1.82) is 0 Å². The van der Waals surface area contributed by atoms with Crippen LogP contribution in [0, 0.1) is 29.1 Å². The van der Waals surface area contributed by atoms with E-state index in [9.17, 15) is 36.3 Å². The molecule has 34 heavy (non-hydrogen) atoms. The third kappa shape index (κ3) is 4.48. The smallest absolute Gasteiger partial charge is 0.337 e. The number of esters is 1. The lowest BCUT2D eigenvalue weighted by molar-refractivity contribution is -0.129. The van der Waals surface area contributed by atoms with Gasteiger partial charge in [-0.1, -0.05) is 0 Å². The quantitative estimate of drug-likeness (QED) is 0.206. The molecule has 0 saturated carbocycles. The van der Waals surface area contributed by atoms with Crippen molar-refractivity contribution in [1.82, 2.24) is 9.91 Å². The third-order valence-corrected chi connectivity index (χ3v) is 5.30. The summed E-state index contributed by atoms with van der Waals surface area (Å²) < 4.78 is 73.2. The molecule has 2 N–H and O–H groups in total. The first-order valence-electron chi connectivity index (χ1n) is 9.35. The highest BCUT2D eigenvalue weighted by Gasteiger charge is 2.43. The van der Waals surface area contributed by atoms with E-state index in [-0.39, 0.29) is 16.4 Å². The van der Waals surface area contributed by atoms with Crippen LogP contribution in [-0.2, 0) is 14.3 Å². The minimum absolute atomic E-state index is 0.219. The molecule has 0 aliphatic carbocycles. The summed E-state index contributed by atoms with van der Waals surface area (Å²) >= 11 is 5.01. The number of hydrogen-bond acceptors (Lipinski definition) is 6. The fourth-order valence-corrected chi connectivity index (χ4v) is 3.31. The topological polar surface area (TPSA) is 91.0 Å². The first-order chi connectivity index (χ1) is 16.0. The minimum atomic E-state index is -2.35. The highest BCUT2D eigenvalue weighted by Crippen LogP contribution is 2.30. The van der Waals surface area contributed by atoms with E-state index < -0.39 is 65.0 Å². The molecule has 0 spiro atoms. The van der Waals surface area contributed by atoms with Crippen LogP contribution in [0.4, 0.5) is 33.3 Å². The molecule has 14 heteroatoms. The van der Waals surface area contributed by atoms with Gasteiger partial charge in [0.25, 0.3) is 5.91 Å². The van der Waals surface area contributed by atoms with Gasteiger partial charge in [0, 0.05) is 12.7 Å². The van der Waals surface area contributed by atoms with Crippen molar-refractivity contribution in [3.05, 3.63) is 58.9 Å². The number of carbonyl (C=O) groups is 3. The summed E-state index contributed by atoms with van der Waals surface area (Å²) in [5, 5.41) is 2.75. The number of halogens is 5. The second kappa shape index (κ2) is 9.59. The molecule has 0 aromatic heterocycles. The lowest BCUT2D eigenvalue weighted by Gasteiger charge is -2.25. The Hall–Kier alpha value is -3.81. The van der Waals surface area contributed by atoms with Crippen LogP contribution >= 0.6 is 12.2 Å². The molecular formula is C20H15F5N4O4S. The SMILES string of the molecule is COC(=O)c1ccc(NC(=O)CC2C(=O)N(C)C(=S)N2Nc2c(F)c(F)c(F)c(F)c2F)cc1. The van der Waals surface area contributed by atoms with Crippen LogP contribution in [0.3, 0.4) is 0 Å². The zero-order valence-corrected chi connectivity index (χ0v) is 18.2. The molecular weight excluding hydrogens is 487 g/mol. The van der Waals surface area contributed by atoms with Gasteiger partial charge in [-0.15, -0.1) is 0 Å². The minimum Gasteiger partial charge on any atom is -0.465 e. The Labute approximate surface area is 194 Å². The number of nitrogens with one attached hydrogen (secondary N) is 2. The van der Waals surface area contributed by atoms with E-state index >= 15 is 0 Å². The molecule has 2 aromatic rings.